The first-order chi connectivity index (χ1) is 10.8. The summed E-state index contributed by atoms with van der Waals surface area (Å²) in [6.07, 6.45) is 1.61. The third-order valence-electron chi connectivity index (χ3n) is 3.35. The van der Waals surface area contributed by atoms with Crippen LogP contribution in [0.5, 0.6) is 0 Å². The molecule has 0 bridgehead atoms. The minimum atomic E-state index is 0.628. The number of rotatable bonds is 4. The monoisotopic (exact) mass is 288 g/mol. The quantitative estimate of drug-likeness (QED) is 0.690. The van der Waals surface area contributed by atoms with E-state index in [9.17, 15) is 9.59 Å². The lowest BCUT2D eigenvalue weighted by Gasteiger charge is -2.03. The molecule has 106 valence electrons. The van der Waals surface area contributed by atoms with Crippen LogP contribution in [-0.2, 0) is 0 Å². The van der Waals surface area contributed by atoms with E-state index in [0.29, 0.717) is 11.1 Å². The van der Waals surface area contributed by atoms with E-state index in [1.165, 1.54) is 0 Å². The number of hydrogen-bond acceptors (Lipinski definition) is 4. The average molecular weight is 288 g/mol. The lowest BCUT2D eigenvalue weighted by molar-refractivity contribution is 0.111. The van der Waals surface area contributed by atoms with Crippen molar-refractivity contribution in [2.75, 3.05) is 0 Å². The van der Waals surface area contributed by atoms with E-state index in [2.05, 4.69) is 10.2 Å². The smallest absolute Gasteiger partial charge is 0.150 e. The van der Waals surface area contributed by atoms with E-state index < -0.39 is 0 Å². The molecule has 1 aromatic heterocycles. The summed E-state index contributed by atoms with van der Waals surface area (Å²) in [5, 5.41) is 8.43. The van der Waals surface area contributed by atoms with Gasteiger partial charge in [-0.25, -0.2) is 0 Å². The third kappa shape index (κ3) is 2.81. The largest absolute Gasteiger partial charge is 0.298 e. The van der Waals surface area contributed by atoms with Gasteiger partial charge in [-0.15, -0.1) is 10.2 Å². The topological polar surface area (TPSA) is 59.9 Å². The highest BCUT2D eigenvalue weighted by Crippen LogP contribution is 2.21. The van der Waals surface area contributed by atoms with Crippen molar-refractivity contribution in [3.63, 3.8) is 0 Å². The molecule has 3 aromatic rings. The molecule has 0 fully saturated rings. The van der Waals surface area contributed by atoms with Crippen LogP contribution in [0.3, 0.4) is 0 Å². The van der Waals surface area contributed by atoms with Crippen molar-refractivity contribution >= 4 is 12.6 Å². The summed E-state index contributed by atoms with van der Waals surface area (Å²) in [7, 11) is 0. The van der Waals surface area contributed by atoms with Crippen molar-refractivity contribution in [1.82, 2.24) is 10.2 Å². The molecule has 0 aliphatic carbocycles. The molecule has 0 saturated heterocycles. The second-order valence-corrected chi connectivity index (χ2v) is 4.78. The Morgan fingerprint density at radius 2 is 0.909 bits per heavy atom. The van der Waals surface area contributed by atoms with Gasteiger partial charge in [-0.1, -0.05) is 48.5 Å². The van der Waals surface area contributed by atoms with E-state index in [1.54, 1.807) is 24.3 Å². The van der Waals surface area contributed by atoms with Gasteiger partial charge in [0.05, 0.1) is 11.4 Å². The normalized spacial score (nSPS) is 10.2. The summed E-state index contributed by atoms with van der Waals surface area (Å²) in [6, 6.07) is 18.1. The Morgan fingerprint density at radius 1 is 0.545 bits per heavy atom. The highest BCUT2D eigenvalue weighted by atomic mass is 16.1. The number of aromatic nitrogens is 2. The molecule has 3 rings (SSSR count). The number of carbonyl (C=O) groups excluding carboxylic acids is 2. The van der Waals surface area contributed by atoms with Crippen molar-refractivity contribution in [2.45, 2.75) is 0 Å². The van der Waals surface area contributed by atoms with E-state index in [0.717, 1.165) is 35.1 Å². The predicted molar refractivity (Wildman–Crippen MR) is 83.7 cm³/mol. The molecule has 0 unspecified atom stereocenters. The van der Waals surface area contributed by atoms with Gasteiger partial charge in [0.2, 0.25) is 0 Å². The molecule has 2 aromatic carbocycles. The third-order valence-corrected chi connectivity index (χ3v) is 3.35. The lowest BCUT2D eigenvalue weighted by Crippen LogP contribution is -1.91. The Morgan fingerprint density at radius 3 is 1.18 bits per heavy atom. The molecule has 0 aliphatic rings. The highest BCUT2D eigenvalue weighted by molar-refractivity contribution is 5.77. The van der Waals surface area contributed by atoms with E-state index in [1.807, 2.05) is 36.4 Å². The van der Waals surface area contributed by atoms with Gasteiger partial charge < -0.3 is 0 Å². The van der Waals surface area contributed by atoms with E-state index in [4.69, 9.17) is 0 Å². The number of hydrogen-bond donors (Lipinski definition) is 0. The zero-order chi connectivity index (χ0) is 15.4. The minimum absolute atomic E-state index is 0.628. The Balaban J connectivity index is 1.87. The van der Waals surface area contributed by atoms with Crippen molar-refractivity contribution < 1.29 is 9.59 Å². The minimum Gasteiger partial charge on any atom is -0.298 e. The first-order valence-electron chi connectivity index (χ1n) is 6.75. The number of benzene rings is 2. The summed E-state index contributed by atoms with van der Waals surface area (Å²) < 4.78 is 0. The van der Waals surface area contributed by atoms with Gasteiger partial charge >= 0.3 is 0 Å². The van der Waals surface area contributed by atoms with Crippen LogP contribution in [0.2, 0.25) is 0 Å². The fourth-order valence-electron chi connectivity index (χ4n) is 2.11. The Hall–Kier alpha value is -3.14. The van der Waals surface area contributed by atoms with Gasteiger partial charge in [0.15, 0.2) is 0 Å². The second-order valence-electron chi connectivity index (χ2n) is 4.78. The second kappa shape index (κ2) is 6.10. The maximum absolute atomic E-state index is 10.7. The molecule has 1 heterocycles. The van der Waals surface area contributed by atoms with Crippen LogP contribution in [-0.4, -0.2) is 22.8 Å². The summed E-state index contributed by atoms with van der Waals surface area (Å²) >= 11 is 0. The molecular formula is C18H12N2O2. The fourth-order valence-corrected chi connectivity index (χ4v) is 2.11. The van der Waals surface area contributed by atoms with Crippen LogP contribution < -0.4 is 0 Å². The Kier molecular flexibility index (Phi) is 3.83. The molecule has 0 atom stereocenters. The molecule has 0 saturated carbocycles. The van der Waals surface area contributed by atoms with Crippen LogP contribution >= 0.6 is 0 Å². The summed E-state index contributed by atoms with van der Waals surface area (Å²) in [6.45, 7) is 0. The molecule has 0 N–H and O–H groups in total. The molecule has 0 aliphatic heterocycles. The number of nitrogens with zero attached hydrogens (tertiary/aromatic N) is 2. The zero-order valence-electron chi connectivity index (χ0n) is 11.6. The van der Waals surface area contributed by atoms with Gasteiger partial charge in [-0.3, -0.25) is 9.59 Å². The molecule has 0 radical (unpaired) electrons. The maximum Gasteiger partial charge on any atom is 0.150 e. The SMILES string of the molecule is O=Cc1ccc(-c2ccc(-c3ccc(C=O)cc3)nn2)cc1. The molecule has 4 heteroatoms. The zero-order valence-corrected chi connectivity index (χ0v) is 11.6. The summed E-state index contributed by atoms with van der Waals surface area (Å²) in [5.41, 5.74) is 4.55. The van der Waals surface area contributed by atoms with Gasteiger partial charge in [-0.05, 0) is 12.1 Å². The summed E-state index contributed by atoms with van der Waals surface area (Å²) in [4.78, 5) is 21.3. The van der Waals surface area contributed by atoms with Gasteiger partial charge in [0.25, 0.3) is 0 Å². The van der Waals surface area contributed by atoms with Crippen LogP contribution in [0.1, 0.15) is 20.7 Å². The molecule has 0 amide bonds. The van der Waals surface area contributed by atoms with Crippen molar-refractivity contribution in [3.8, 4) is 22.5 Å². The maximum atomic E-state index is 10.7. The lowest BCUT2D eigenvalue weighted by atomic mass is 10.1. The van der Waals surface area contributed by atoms with E-state index >= 15 is 0 Å². The van der Waals surface area contributed by atoms with Crippen molar-refractivity contribution in [1.29, 1.82) is 0 Å². The van der Waals surface area contributed by atoms with Crippen LogP contribution in [0.4, 0.5) is 0 Å². The highest BCUT2D eigenvalue weighted by Gasteiger charge is 2.03. The van der Waals surface area contributed by atoms with Gasteiger partial charge in [0.1, 0.15) is 12.6 Å². The molecular weight excluding hydrogens is 276 g/mol. The average Bonchev–Trinajstić information content (AvgIpc) is 2.62. The van der Waals surface area contributed by atoms with Crippen LogP contribution in [0.25, 0.3) is 22.5 Å². The van der Waals surface area contributed by atoms with Crippen LogP contribution in [0, 0.1) is 0 Å². The Labute approximate surface area is 127 Å². The van der Waals surface area contributed by atoms with Crippen molar-refractivity contribution in [3.05, 3.63) is 71.8 Å². The Bertz CT molecular complexity index is 722. The van der Waals surface area contributed by atoms with Crippen LogP contribution in [0.15, 0.2) is 60.7 Å². The predicted octanol–water partition coefficient (Wildman–Crippen LogP) is 3.44. The van der Waals surface area contributed by atoms with Crippen molar-refractivity contribution in [2.24, 2.45) is 0 Å². The first kappa shape index (κ1) is 13.8. The first-order valence-corrected chi connectivity index (χ1v) is 6.75. The molecule has 0 spiro atoms. The van der Waals surface area contributed by atoms with E-state index in [-0.39, 0.29) is 0 Å². The standard InChI is InChI=1S/C18H12N2O2/c21-11-13-1-5-15(6-2-13)17-9-10-18(20-19-17)16-7-3-14(12-22)4-8-16/h1-12H. The molecule has 4 nitrogen and oxygen atoms in total. The summed E-state index contributed by atoms with van der Waals surface area (Å²) in [5.74, 6) is 0. The molecule has 22 heavy (non-hydrogen) atoms. The van der Waals surface area contributed by atoms with Gasteiger partial charge in [0, 0.05) is 22.3 Å². The van der Waals surface area contributed by atoms with Gasteiger partial charge in [-0.2, -0.15) is 0 Å². The fraction of sp³-hybridized carbons (Fsp3) is 0. The number of aldehydes is 2. The number of carbonyl (C=O) groups is 2.